The number of nitrogens with one attached hydrogen (secondary N) is 1. The van der Waals surface area contributed by atoms with Crippen molar-refractivity contribution in [2.24, 2.45) is 0 Å². The monoisotopic (exact) mass is 255 g/mol. The van der Waals surface area contributed by atoms with E-state index in [0.29, 0.717) is 5.82 Å². The zero-order chi connectivity index (χ0) is 13.2. The molecule has 3 aromatic heterocycles. The van der Waals surface area contributed by atoms with Crippen LogP contribution in [0.15, 0.2) is 48.9 Å². The fourth-order valence-corrected chi connectivity index (χ4v) is 1.75. The summed E-state index contributed by atoms with van der Waals surface area (Å²) in [6.45, 7) is 0. The summed E-state index contributed by atoms with van der Waals surface area (Å²) in [6.07, 6.45) is 4.90. The molecule has 7 heteroatoms. The Hall–Kier alpha value is -2.96. The molecule has 0 saturated carbocycles. The average Bonchev–Trinajstić information content (AvgIpc) is 2.86. The smallest absolute Gasteiger partial charge is 0.274 e. The normalized spacial score (nSPS) is 10.5. The first-order valence-corrected chi connectivity index (χ1v) is 5.53. The van der Waals surface area contributed by atoms with E-state index in [1.165, 1.54) is 18.3 Å². The van der Waals surface area contributed by atoms with E-state index in [4.69, 9.17) is 0 Å². The summed E-state index contributed by atoms with van der Waals surface area (Å²) in [5.74, 6) is 0.429. The number of nitrogens with zero attached hydrogens (tertiary/aromatic N) is 4. The molecule has 0 spiro atoms. The van der Waals surface area contributed by atoms with Crippen LogP contribution in [0, 0.1) is 10.1 Å². The Bertz CT molecular complexity index is 752. The number of hydrogen-bond acceptors (Lipinski definition) is 5. The fourth-order valence-electron chi connectivity index (χ4n) is 1.75. The van der Waals surface area contributed by atoms with Gasteiger partial charge in [0.05, 0.1) is 16.5 Å². The van der Waals surface area contributed by atoms with Gasteiger partial charge in [-0.1, -0.05) is 0 Å². The molecule has 0 fully saturated rings. The number of fused-ring (bicyclic) bond motifs is 1. The summed E-state index contributed by atoms with van der Waals surface area (Å²) in [5.41, 5.74) is 1.72. The van der Waals surface area contributed by atoms with Crippen LogP contribution >= 0.6 is 0 Å². The van der Waals surface area contributed by atoms with Gasteiger partial charge in [0.25, 0.3) is 5.69 Å². The summed E-state index contributed by atoms with van der Waals surface area (Å²) < 4.78 is 1.73. The molecule has 0 bridgehead atoms. The Balaban J connectivity index is 1.91. The molecule has 1 N–H and O–H groups in total. The van der Waals surface area contributed by atoms with Crippen molar-refractivity contribution >= 4 is 22.7 Å². The first kappa shape index (κ1) is 11.1. The van der Waals surface area contributed by atoms with Crippen LogP contribution in [-0.2, 0) is 0 Å². The predicted octanol–water partition coefficient (Wildman–Crippen LogP) is 2.38. The van der Waals surface area contributed by atoms with Crippen LogP contribution in [0.1, 0.15) is 0 Å². The number of anilines is 2. The van der Waals surface area contributed by atoms with Gasteiger partial charge in [-0.25, -0.2) is 9.50 Å². The zero-order valence-electron chi connectivity index (χ0n) is 9.72. The van der Waals surface area contributed by atoms with Gasteiger partial charge in [0.1, 0.15) is 5.82 Å². The Morgan fingerprint density at radius 3 is 2.95 bits per heavy atom. The second kappa shape index (κ2) is 4.37. The minimum absolute atomic E-state index is 0.00271. The largest absolute Gasteiger partial charge is 0.340 e. The van der Waals surface area contributed by atoms with Crippen molar-refractivity contribution in [3.63, 3.8) is 0 Å². The Labute approximate surface area is 107 Å². The lowest BCUT2D eigenvalue weighted by atomic mass is 10.3. The summed E-state index contributed by atoms with van der Waals surface area (Å²) in [7, 11) is 0. The predicted molar refractivity (Wildman–Crippen MR) is 69.4 cm³/mol. The van der Waals surface area contributed by atoms with Crippen molar-refractivity contribution < 1.29 is 4.92 Å². The lowest BCUT2D eigenvalue weighted by molar-refractivity contribution is -0.384. The summed E-state index contributed by atoms with van der Waals surface area (Å²) in [4.78, 5) is 14.3. The van der Waals surface area contributed by atoms with E-state index in [0.717, 1.165) is 11.2 Å². The molecule has 0 atom stereocenters. The van der Waals surface area contributed by atoms with Crippen LogP contribution in [0.25, 0.3) is 5.52 Å². The van der Waals surface area contributed by atoms with E-state index >= 15 is 0 Å². The summed E-state index contributed by atoms with van der Waals surface area (Å²) >= 11 is 0. The third kappa shape index (κ3) is 2.21. The van der Waals surface area contributed by atoms with Crippen LogP contribution in [0.3, 0.4) is 0 Å². The molecule has 7 nitrogen and oxygen atoms in total. The van der Waals surface area contributed by atoms with Crippen molar-refractivity contribution in [2.75, 3.05) is 5.32 Å². The molecule has 0 radical (unpaired) electrons. The van der Waals surface area contributed by atoms with E-state index in [1.54, 1.807) is 16.9 Å². The quantitative estimate of drug-likeness (QED) is 0.573. The van der Waals surface area contributed by atoms with Gasteiger partial charge in [0.2, 0.25) is 0 Å². The van der Waals surface area contributed by atoms with Crippen molar-refractivity contribution in [2.45, 2.75) is 0 Å². The van der Waals surface area contributed by atoms with Gasteiger partial charge < -0.3 is 5.32 Å². The van der Waals surface area contributed by atoms with Gasteiger partial charge in [-0.15, -0.1) is 0 Å². The molecule has 0 aromatic carbocycles. The van der Waals surface area contributed by atoms with Crippen LogP contribution in [0.4, 0.5) is 17.2 Å². The second-order valence-electron chi connectivity index (χ2n) is 3.90. The molecule has 0 unspecified atom stereocenters. The van der Waals surface area contributed by atoms with Gasteiger partial charge in [0.15, 0.2) is 0 Å². The Kier molecular flexibility index (Phi) is 2.57. The molecular weight excluding hydrogens is 246 g/mol. The first-order valence-electron chi connectivity index (χ1n) is 5.53. The maximum Gasteiger partial charge on any atom is 0.274 e. The third-order valence-corrected chi connectivity index (χ3v) is 2.63. The summed E-state index contributed by atoms with van der Waals surface area (Å²) in [6, 6.07) is 8.31. The van der Waals surface area contributed by atoms with E-state index < -0.39 is 4.92 Å². The van der Waals surface area contributed by atoms with Crippen molar-refractivity contribution in [1.82, 2.24) is 14.6 Å². The Morgan fingerprint density at radius 1 is 1.21 bits per heavy atom. The number of pyridine rings is 2. The lowest BCUT2D eigenvalue weighted by Gasteiger charge is -2.05. The van der Waals surface area contributed by atoms with E-state index in [1.807, 2.05) is 18.2 Å². The number of hydrogen-bond donors (Lipinski definition) is 1. The topological polar surface area (TPSA) is 85.4 Å². The molecule has 0 aliphatic heterocycles. The standard InChI is InChI=1S/C12H9N5O2/c18-17(19)11-1-4-13-12(8-11)15-9-3-6-16-10(7-9)2-5-14-16/h1-8H,(H,13,15). The fraction of sp³-hybridized carbons (Fsp3) is 0. The van der Waals surface area contributed by atoms with E-state index in [-0.39, 0.29) is 5.69 Å². The molecule has 0 aliphatic rings. The highest BCUT2D eigenvalue weighted by Gasteiger charge is 2.07. The maximum absolute atomic E-state index is 10.7. The van der Waals surface area contributed by atoms with Gasteiger partial charge in [-0.05, 0) is 18.2 Å². The van der Waals surface area contributed by atoms with Crippen molar-refractivity contribution in [1.29, 1.82) is 0 Å². The van der Waals surface area contributed by atoms with Gasteiger partial charge in [-0.2, -0.15) is 5.10 Å². The van der Waals surface area contributed by atoms with Gasteiger partial charge in [0, 0.05) is 30.3 Å². The molecule has 0 saturated heterocycles. The van der Waals surface area contributed by atoms with Crippen LogP contribution in [0.5, 0.6) is 0 Å². The molecule has 19 heavy (non-hydrogen) atoms. The summed E-state index contributed by atoms with van der Waals surface area (Å²) in [5, 5.41) is 17.8. The highest BCUT2D eigenvalue weighted by molar-refractivity contribution is 5.64. The molecule has 94 valence electrons. The number of rotatable bonds is 3. The van der Waals surface area contributed by atoms with E-state index in [9.17, 15) is 10.1 Å². The molecular formula is C12H9N5O2. The van der Waals surface area contributed by atoms with Crippen molar-refractivity contribution in [3.8, 4) is 0 Å². The number of aromatic nitrogens is 3. The second-order valence-corrected chi connectivity index (χ2v) is 3.90. The highest BCUT2D eigenvalue weighted by Crippen LogP contribution is 2.19. The SMILES string of the molecule is O=[N+]([O-])c1ccnc(Nc2ccn3nccc3c2)c1. The van der Waals surface area contributed by atoms with Crippen LogP contribution < -0.4 is 5.32 Å². The molecule has 3 rings (SSSR count). The molecule has 0 aliphatic carbocycles. The van der Waals surface area contributed by atoms with Gasteiger partial charge >= 0.3 is 0 Å². The maximum atomic E-state index is 10.7. The first-order chi connectivity index (χ1) is 9.22. The number of nitro groups is 1. The van der Waals surface area contributed by atoms with Crippen LogP contribution in [0.2, 0.25) is 0 Å². The van der Waals surface area contributed by atoms with E-state index in [2.05, 4.69) is 15.4 Å². The van der Waals surface area contributed by atoms with Gasteiger partial charge in [-0.3, -0.25) is 10.1 Å². The minimum Gasteiger partial charge on any atom is -0.340 e. The molecule has 0 amide bonds. The molecule has 3 heterocycles. The third-order valence-electron chi connectivity index (χ3n) is 2.63. The average molecular weight is 255 g/mol. The minimum atomic E-state index is -0.451. The van der Waals surface area contributed by atoms with Crippen LogP contribution in [-0.4, -0.2) is 19.5 Å². The Morgan fingerprint density at radius 2 is 2.11 bits per heavy atom. The highest BCUT2D eigenvalue weighted by atomic mass is 16.6. The zero-order valence-corrected chi connectivity index (χ0v) is 9.72. The molecule has 3 aromatic rings. The lowest BCUT2D eigenvalue weighted by Crippen LogP contribution is -1.96. The van der Waals surface area contributed by atoms with Crippen molar-refractivity contribution in [3.05, 3.63) is 59.0 Å².